The van der Waals surface area contributed by atoms with Gasteiger partial charge in [0.05, 0.1) is 0 Å². The molecule has 1 aliphatic heterocycles. The average molecular weight is 264 g/mol. The maximum Gasteiger partial charge on any atom is 0.249 e. The summed E-state index contributed by atoms with van der Waals surface area (Å²) in [4.78, 5) is 26.9. The number of carbonyl (C=O) groups excluding carboxylic acids is 2. The molecule has 106 valence electrons. The van der Waals surface area contributed by atoms with Gasteiger partial charge in [0, 0.05) is 6.54 Å². The van der Waals surface area contributed by atoms with Gasteiger partial charge in [0.15, 0.2) is 0 Å². The lowest BCUT2D eigenvalue weighted by Gasteiger charge is -2.47. The van der Waals surface area contributed by atoms with Gasteiger partial charge in [-0.1, -0.05) is 26.2 Å². The second-order valence-corrected chi connectivity index (χ2v) is 6.74. The first kappa shape index (κ1) is 12.9. The second kappa shape index (κ2) is 4.50. The minimum absolute atomic E-state index is 0.0369. The molecular formula is C15H24N2O2. The lowest BCUT2D eigenvalue weighted by Crippen LogP contribution is -2.70. The van der Waals surface area contributed by atoms with E-state index in [1.165, 1.54) is 12.8 Å². The molecule has 2 aliphatic carbocycles. The molecule has 1 N–H and O–H groups in total. The van der Waals surface area contributed by atoms with Crippen LogP contribution in [0, 0.1) is 11.8 Å². The predicted octanol–water partition coefficient (Wildman–Crippen LogP) is 1.69. The van der Waals surface area contributed by atoms with E-state index in [2.05, 4.69) is 12.2 Å². The molecule has 4 heteroatoms. The highest BCUT2D eigenvalue weighted by Crippen LogP contribution is 2.40. The Morgan fingerprint density at radius 1 is 1.21 bits per heavy atom. The summed E-state index contributed by atoms with van der Waals surface area (Å²) in [6, 6.07) is -0.298. The van der Waals surface area contributed by atoms with E-state index >= 15 is 0 Å². The normalized spacial score (nSPS) is 37.4. The summed E-state index contributed by atoms with van der Waals surface area (Å²) in [6.45, 7) is 4.85. The second-order valence-electron chi connectivity index (χ2n) is 6.74. The van der Waals surface area contributed by atoms with E-state index in [-0.39, 0.29) is 17.9 Å². The topological polar surface area (TPSA) is 49.4 Å². The quantitative estimate of drug-likeness (QED) is 0.825. The fourth-order valence-corrected chi connectivity index (χ4v) is 3.63. The Labute approximate surface area is 114 Å². The van der Waals surface area contributed by atoms with Crippen LogP contribution in [0.5, 0.6) is 0 Å². The van der Waals surface area contributed by atoms with Crippen molar-refractivity contribution in [2.45, 2.75) is 64.0 Å². The minimum Gasteiger partial charge on any atom is -0.340 e. The summed E-state index contributed by atoms with van der Waals surface area (Å²) in [7, 11) is 0. The first-order valence-electron chi connectivity index (χ1n) is 7.66. The van der Waals surface area contributed by atoms with E-state index < -0.39 is 5.54 Å². The molecule has 1 spiro atoms. The molecule has 2 saturated carbocycles. The smallest absolute Gasteiger partial charge is 0.249 e. The lowest BCUT2D eigenvalue weighted by molar-refractivity contribution is -0.156. The fraction of sp³-hybridized carbons (Fsp3) is 0.867. The summed E-state index contributed by atoms with van der Waals surface area (Å²) in [5.74, 6) is 1.54. The van der Waals surface area contributed by atoms with Crippen molar-refractivity contribution in [3.8, 4) is 0 Å². The highest BCUT2D eigenvalue weighted by molar-refractivity contribution is 5.99. The van der Waals surface area contributed by atoms with Crippen LogP contribution in [0.1, 0.15) is 52.4 Å². The molecule has 0 aromatic carbocycles. The zero-order valence-electron chi connectivity index (χ0n) is 11.9. The SMILES string of the molecule is CC1CC1CN1C(=O)C2(CCCCC2)NC(=O)C1C. The van der Waals surface area contributed by atoms with Gasteiger partial charge in [-0.3, -0.25) is 9.59 Å². The van der Waals surface area contributed by atoms with Crippen molar-refractivity contribution in [1.29, 1.82) is 0 Å². The molecule has 0 bridgehead atoms. The third-order valence-electron chi connectivity index (χ3n) is 5.29. The number of piperazine rings is 1. The molecule has 3 unspecified atom stereocenters. The van der Waals surface area contributed by atoms with Gasteiger partial charge in [-0.05, 0) is 38.0 Å². The van der Waals surface area contributed by atoms with Crippen LogP contribution < -0.4 is 5.32 Å². The van der Waals surface area contributed by atoms with Crippen LogP contribution in [0.3, 0.4) is 0 Å². The highest BCUT2D eigenvalue weighted by Gasteiger charge is 2.51. The van der Waals surface area contributed by atoms with Gasteiger partial charge in [-0.25, -0.2) is 0 Å². The Morgan fingerprint density at radius 2 is 1.84 bits per heavy atom. The molecule has 0 aromatic rings. The van der Waals surface area contributed by atoms with Crippen LogP contribution in [0.15, 0.2) is 0 Å². The Bertz CT molecular complexity index is 401. The number of hydrogen-bond donors (Lipinski definition) is 1. The molecule has 0 radical (unpaired) electrons. The van der Waals surface area contributed by atoms with Crippen LogP contribution in [0.2, 0.25) is 0 Å². The Kier molecular flexibility index (Phi) is 3.06. The molecule has 3 atom stereocenters. The fourth-order valence-electron chi connectivity index (χ4n) is 3.63. The number of carbonyl (C=O) groups is 2. The number of amides is 2. The molecule has 1 heterocycles. The van der Waals surface area contributed by atoms with Crippen molar-refractivity contribution in [2.24, 2.45) is 11.8 Å². The van der Waals surface area contributed by atoms with E-state index in [9.17, 15) is 9.59 Å². The molecular weight excluding hydrogens is 240 g/mol. The number of nitrogens with zero attached hydrogens (tertiary/aromatic N) is 1. The predicted molar refractivity (Wildman–Crippen MR) is 72.4 cm³/mol. The summed E-state index contributed by atoms with van der Waals surface area (Å²) >= 11 is 0. The summed E-state index contributed by atoms with van der Waals surface area (Å²) in [5, 5.41) is 3.04. The molecule has 3 aliphatic rings. The van der Waals surface area contributed by atoms with Gasteiger partial charge >= 0.3 is 0 Å². The van der Waals surface area contributed by atoms with Crippen molar-refractivity contribution in [1.82, 2.24) is 10.2 Å². The van der Waals surface area contributed by atoms with Crippen molar-refractivity contribution in [2.75, 3.05) is 6.54 Å². The van der Waals surface area contributed by atoms with E-state index in [1.54, 1.807) is 0 Å². The molecule has 3 rings (SSSR count). The van der Waals surface area contributed by atoms with Crippen LogP contribution in [-0.4, -0.2) is 34.8 Å². The van der Waals surface area contributed by atoms with Crippen molar-refractivity contribution in [3.05, 3.63) is 0 Å². The zero-order valence-corrected chi connectivity index (χ0v) is 11.9. The molecule has 0 aromatic heterocycles. The van der Waals surface area contributed by atoms with E-state index in [1.807, 2.05) is 11.8 Å². The van der Waals surface area contributed by atoms with Gasteiger partial charge in [-0.15, -0.1) is 0 Å². The number of rotatable bonds is 2. The van der Waals surface area contributed by atoms with E-state index in [0.717, 1.165) is 32.2 Å². The van der Waals surface area contributed by atoms with Gasteiger partial charge in [0.1, 0.15) is 11.6 Å². The summed E-state index contributed by atoms with van der Waals surface area (Å²) < 4.78 is 0. The maximum absolute atomic E-state index is 12.8. The first-order chi connectivity index (χ1) is 9.03. The summed E-state index contributed by atoms with van der Waals surface area (Å²) in [6.07, 6.45) is 6.12. The number of hydrogen-bond acceptors (Lipinski definition) is 2. The molecule has 2 amide bonds. The van der Waals surface area contributed by atoms with Crippen LogP contribution in [-0.2, 0) is 9.59 Å². The van der Waals surface area contributed by atoms with E-state index in [4.69, 9.17) is 0 Å². The summed E-state index contributed by atoms with van der Waals surface area (Å²) in [5.41, 5.74) is -0.569. The Hall–Kier alpha value is -1.06. The van der Waals surface area contributed by atoms with Gasteiger partial charge in [-0.2, -0.15) is 0 Å². The van der Waals surface area contributed by atoms with Crippen molar-refractivity contribution in [3.63, 3.8) is 0 Å². The zero-order chi connectivity index (χ0) is 13.6. The lowest BCUT2D eigenvalue weighted by atomic mass is 9.78. The Morgan fingerprint density at radius 3 is 2.42 bits per heavy atom. The Balaban J connectivity index is 1.80. The standard InChI is InChI=1S/C15H24N2O2/c1-10-8-12(10)9-17-11(2)13(18)16-15(14(17)19)6-4-3-5-7-15/h10-12H,3-9H2,1-2H3,(H,16,18). The molecule has 19 heavy (non-hydrogen) atoms. The van der Waals surface area contributed by atoms with Crippen LogP contribution >= 0.6 is 0 Å². The van der Waals surface area contributed by atoms with Gasteiger partial charge < -0.3 is 10.2 Å². The highest BCUT2D eigenvalue weighted by atomic mass is 16.2. The largest absolute Gasteiger partial charge is 0.340 e. The number of nitrogens with one attached hydrogen (secondary N) is 1. The first-order valence-corrected chi connectivity index (χ1v) is 7.66. The molecule has 3 fully saturated rings. The third-order valence-corrected chi connectivity index (χ3v) is 5.29. The third kappa shape index (κ3) is 2.15. The van der Waals surface area contributed by atoms with Gasteiger partial charge in [0.25, 0.3) is 0 Å². The monoisotopic (exact) mass is 264 g/mol. The molecule has 4 nitrogen and oxygen atoms in total. The molecule has 1 saturated heterocycles. The van der Waals surface area contributed by atoms with E-state index in [0.29, 0.717) is 11.8 Å². The van der Waals surface area contributed by atoms with Crippen molar-refractivity contribution >= 4 is 11.8 Å². The van der Waals surface area contributed by atoms with Crippen LogP contribution in [0.25, 0.3) is 0 Å². The van der Waals surface area contributed by atoms with Gasteiger partial charge in [0.2, 0.25) is 11.8 Å². The van der Waals surface area contributed by atoms with Crippen molar-refractivity contribution < 1.29 is 9.59 Å². The average Bonchev–Trinajstić information content (AvgIpc) is 3.09. The minimum atomic E-state index is -0.569. The van der Waals surface area contributed by atoms with Crippen LogP contribution in [0.4, 0.5) is 0 Å². The maximum atomic E-state index is 12.8.